The lowest BCUT2D eigenvalue weighted by atomic mass is 10.3. The van der Waals surface area contributed by atoms with Crippen LogP contribution in [0.1, 0.15) is 27.9 Å². The van der Waals surface area contributed by atoms with Gasteiger partial charge in [-0.3, -0.25) is 4.72 Å². The summed E-state index contributed by atoms with van der Waals surface area (Å²) in [4.78, 5) is 6.40. The molecule has 0 saturated carbocycles. The number of hydrogen-bond donors (Lipinski definition) is 2. The van der Waals surface area contributed by atoms with Crippen molar-refractivity contribution in [3.8, 4) is 0 Å². The minimum atomic E-state index is -3.56. The normalized spacial score (nSPS) is 11.8. The third-order valence-electron chi connectivity index (χ3n) is 3.05. The molecule has 0 fully saturated rings. The van der Waals surface area contributed by atoms with Crippen LogP contribution < -0.4 is 10.0 Å². The Kier molecular flexibility index (Phi) is 5.03. The Morgan fingerprint density at radius 3 is 2.57 bits per heavy atom. The third kappa shape index (κ3) is 3.63. The molecule has 0 aliphatic rings. The smallest absolute Gasteiger partial charge is 0.273 e. The van der Waals surface area contributed by atoms with Crippen LogP contribution in [-0.4, -0.2) is 20.4 Å². The fourth-order valence-electron chi connectivity index (χ4n) is 1.92. The molecule has 0 aromatic carbocycles. The Morgan fingerprint density at radius 2 is 2.00 bits per heavy atom. The molecule has 2 N–H and O–H groups in total. The maximum absolute atomic E-state index is 12.4. The molecule has 0 aliphatic heterocycles. The monoisotopic (exact) mass is 345 g/mol. The number of aromatic nitrogens is 1. The summed E-state index contributed by atoms with van der Waals surface area (Å²) in [7, 11) is -1.71. The zero-order valence-corrected chi connectivity index (χ0v) is 14.9. The number of sulfonamides is 1. The van der Waals surface area contributed by atoms with E-state index in [0.717, 1.165) is 27.4 Å². The van der Waals surface area contributed by atoms with E-state index in [9.17, 15) is 8.42 Å². The number of thiophene rings is 1. The Morgan fingerprint density at radius 1 is 1.29 bits per heavy atom. The first-order valence-corrected chi connectivity index (χ1v) is 9.72. The largest absolute Gasteiger partial charge is 0.315 e. The van der Waals surface area contributed by atoms with Crippen LogP contribution in [-0.2, 0) is 23.0 Å². The lowest BCUT2D eigenvalue weighted by Gasteiger charge is -2.01. The number of aryl methyl sites for hydroxylation is 3. The second-order valence-corrected chi connectivity index (χ2v) is 8.93. The molecule has 0 unspecified atom stereocenters. The first kappa shape index (κ1) is 16.4. The van der Waals surface area contributed by atoms with Crippen molar-refractivity contribution in [3.05, 3.63) is 27.1 Å². The molecule has 2 rings (SSSR count). The van der Waals surface area contributed by atoms with Crippen LogP contribution in [0.3, 0.4) is 0 Å². The van der Waals surface area contributed by atoms with Gasteiger partial charge in [-0.2, -0.15) is 0 Å². The van der Waals surface area contributed by atoms with Crippen LogP contribution in [0.15, 0.2) is 10.3 Å². The lowest BCUT2D eigenvalue weighted by molar-refractivity contribution is 0.603. The van der Waals surface area contributed by atoms with E-state index in [4.69, 9.17) is 0 Å². The van der Waals surface area contributed by atoms with Crippen molar-refractivity contribution in [1.82, 2.24) is 10.3 Å². The van der Waals surface area contributed by atoms with Crippen LogP contribution in [0.25, 0.3) is 0 Å². The highest BCUT2D eigenvalue weighted by molar-refractivity contribution is 7.94. The molecule has 21 heavy (non-hydrogen) atoms. The number of nitrogens with one attached hydrogen (secondary N) is 2. The van der Waals surface area contributed by atoms with Gasteiger partial charge in [0.15, 0.2) is 5.13 Å². The van der Waals surface area contributed by atoms with Crippen molar-refractivity contribution in [2.45, 2.75) is 37.9 Å². The Balaban J connectivity index is 2.27. The van der Waals surface area contributed by atoms with Crippen molar-refractivity contribution in [3.63, 3.8) is 0 Å². The number of thiazole rings is 1. The summed E-state index contributed by atoms with van der Waals surface area (Å²) in [5.74, 6) is 0. The topological polar surface area (TPSA) is 71.1 Å². The molecule has 5 nitrogen and oxygen atoms in total. The van der Waals surface area contributed by atoms with Crippen molar-refractivity contribution >= 4 is 37.8 Å². The number of anilines is 1. The van der Waals surface area contributed by atoms with E-state index in [2.05, 4.69) is 15.0 Å². The summed E-state index contributed by atoms with van der Waals surface area (Å²) in [5.41, 5.74) is 1.93. The van der Waals surface area contributed by atoms with Crippen molar-refractivity contribution < 1.29 is 8.42 Å². The van der Waals surface area contributed by atoms with E-state index < -0.39 is 10.0 Å². The van der Waals surface area contributed by atoms with E-state index in [0.29, 0.717) is 15.9 Å². The fraction of sp³-hybridized carbons (Fsp3) is 0.462. The van der Waals surface area contributed by atoms with Gasteiger partial charge in [0.25, 0.3) is 10.0 Å². The zero-order chi connectivity index (χ0) is 15.6. The SMILES string of the molecule is CCc1nc(NS(=O)(=O)c2cc(C)c(CNC)s2)sc1C. The van der Waals surface area contributed by atoms with Gasteiger partial charge in [0, 0.05) is 16.3 Å². The van der Waals surface area contributed by atoms with E-state index >= 15 is 0 Å². The molecule has 8 heteroatoms. The van der Waals surface area contributed by atoms with Crippen LogP contribution in [0.2, 0.25) is 0 Å². The van der Waals surface area contributed by atoms with E-state index in [-0.39, 0.29) is 0 Å². The van der Waals surface area contributed by atoms with Crippen molar-refractivity contribution in [1.29, 1.82) is 0 Å². The number of nitrogens with zero attached hydrogens (tertiary/aromatic N) is 1. The molecule has 2 heterocycles. The number of hydrogen-bond acceptors (Lipinski definition) is 6. The van der Waals surface area contributed by atoms with E-state index in [1.807, 2.05) is 27.8 Å². The van der Waals surface area contributed by atoms with Crippen molar-refractivity contribution in [2.24, 2.45) is 0 Å². The second-order valence-electron chi connectivity index (χ2n) is 4.68. The predicted molar refractivity (Wildman–Crippen MR) is 88.9 cm³/mol. The highest BCUT2D eigenvalue weighted by atomic mass is 32.2. The van der Waals surface area contributed by atoms with Crippen LogP contribution in [0.5, 0.6) is 0 Å². The summed E-state index contributed by atoms with van der Waals surface area (Å²) in [5, 5.41) is 3.48. The Bertz CT molecular complexity index is 732. The molecule has 0 amide bonds. The molecule has 0 atom stereocenters. The average Bonchev–Trinajstić information content (AvgIpc) is 2.94. The molecular weight excluding hydrogens is 326 g/mol. The highest BCUT2D eigenvalue weighted by Crippen LogP contribution is 2.29. The van der Waals surface area contributed by atoms with Gasteiger partial charge in [-0.15, -0.1) is 22.7 Å². The molecule has 2 aromatic rings. The lowest BCUT2D eigenvalue weighted by Crippen LogP contribution is -2.11. The Hall–Kier alpha value is -0.960. The summed E-state index contributed by atoms with van der Waals surface area (Å²) in [6, 6.07) is 1.71. The van der Waals surface area contributed by atoms with Crippen LogP contribution in [0, 0.1) is 13.8 Å². The first-order chi connectivity index (χ1) is 9.87. The average molecular weight is 346 g/mol. The van der Waals surface area contributed by atoms with E-state index in [1.54, 1.807) is 6.07 Å². The fourth-order valence-corrected chi connectivity index (χ4v) is 5.66. The van der Waals surface area contributed by atoms with Crippen LogP contribution >= 0.6 is 22.7 Å². The summed E-state index contributed by atoms with van der Waals surface area (Å²) >= 11 is 2.66. The minimum absolute atomic E-state index is 0.330. The predicted octanol–water partition coefficient (Wildman–Crippen LogP) is 2.90. The standard InChI is InChI=1S/C13H19N3O2S3/c1-5-10-9(3)19-13(15-10)16-21(17,18)12-6-8(2)11(20-12)7-14-4/h6,14H,5,7H2,1-4H3,(H,15,16). The van der Waals surface area contributed by atoms with Gasteiger partial charge in [-0.05, 0) is 38.9 Å². The maximum Gasteiger partial charge on any atom is 0.273 e. The molecule has 0 bridgehead atoms. The highest BCUT2D eigenvalue weighted by Gasteiger charge is 2.20. The molecular formula is C13H19N3O2S3. The zero-order valence-electron chi connectivity index (χ0n) is 12.5. The second kappa shape index (κ2) is 6.43. The molecule has 116 valence electrons. The summed E-state index contributed by atoms with van der Waals surface area (Å²) in [6.07, 6.45) is 0.800. The molecule has 0 saturated heterocycles. The van der Waals surface area contributed by atoms with Crippen LogP contribution in [0.4, 0.5) is 5.13 Å². The quantitative estimate of drug-likeness (QED) is 0.844. The van der Waals surface area contributed by atoms with Gasteiger partial charge in [0.1, 0.15) is 4.21 Å². The Labute approximate surface area is 133 Å². The minimum Gasteiger partial charge on any atom is -0.315 e. The number of rotatable bonds is 6. The molecule has 0 spiro atoms. The summed E-state index contributed by atoms with van der Waals surface area (Å²) in [6.45, 7) is 6.55. The molecule has 0 aliphatic carbocycles. The molecule has 0 radical (unpaired) electrons. The van der Waals surface area contributed by atoms with Gasteiger partial charge in [-0.25, -0.2) is 13.4 Å². The van der Waals surface area contributed by atoms with Crippen molar-refractivity contribution in [2.75, 3.05) is 11.8 Å². The van der Waals surface area contributed by atoms with Gasteiger partial charge in [0.2, 0.25) is 0 Å². The van der Waals surface area contributed by atoms with Gasteiger partial charge >= 0.3 is 0 Å². The maximum atomic E-state index is 12.4. The molecule has 2 aromatic heterocycles. The van der Waals surface area contributed by atoms with Gasteiger partial charge in [-0.1, -0.05) is 6.92 Å². The third-order valence-corrected chi connectivity index (χ3v) is 7.16. The van der Waals surface area contributed by atoms with Gasteiger partial charge in [0.05, 0.1) is 5.69 Å². The van der Waals surface area contributed by atoms with Gasteiger partial charge < -0.3 is 5.32 Å². The summed E-state index contributed by atoms with van der Waals surface area (Å²) < 4.78 is 27.8. The van der Waals surface area contributed by atoms with E-state index in [1.165, 1.54) is 22.7 Å². The first-order valence-electron chi connectivity index (χ1n) is 6.60.